The number of nitrogens with zero attached hydrogens (tertiary/aromatic N) is 2. The summed E-state index contributed by atoms with van der Waals surface area (Å²) in [5.41, 5.74) is 1.61. The molecule has 1 aromatic carbocycles. The molecule has 2 aromatic rings. The summed E-state index contributed by atoms with van der Waals surface area (Å²) in [4.78, 5) is 0. The molecule has 0 amide bonds. The van der Waals surface area contributed by atoms with Gasteiger partial charge in [0.2, 0.25) is 5.88 Å². The minimum atomic E-state index is -3.59. The highest BCUT2D eigenvalue weighted by Gasteiger charge is 2.18. The van der Waals surface area contributed by atoms with Crippen LogP contribution in [0.1, 0.15) is 38.8 Å². The maximum absolute atomic E-state index is 12.0. The Hall–Kier alpha value is -1.82. The Balaban J connectivity index is 2.33. The molecule has 0 N–H and O–H groups in total. The van der Waals surface area contributed by atoms with Gasteiger partial charge in [0.05, 0.1) is 17.1 Å². The van der Waals surface area contributed by atoms with Crippen LogP contribution >= 0.6 is 0 Å². The number of hydrogen-bond acceptors (Lipinski definition) is 4. The van der Waals surface area contributed by atoms with Crippen LogP contribution in [0, 0.1) is 0 Å². The molecule has 22 heavy (non-hydrogen) atoms. The molecule has 0 radical (unpaired) electrons. The summed E-state index contributed by atoms with van der Waals surface area (Å²) in [6.07, 6.45) is 3.12. The Bertz CT molecular complexity index is 693. The zero-order chi connectivity index (χ0) is 16.0. The standard InChI is InChI=1S/C16H22N2O3S/c1-3-5-12-22(19,20)21-16-13-14(9-4-2)17-18(16)15-10-7-6-8-11-15/h6-8,10-11,13H,3-5,9,12H2,1-2H3. The molecule has 0 aliphatic heterocycles. The van der Waals surface area contributed by atoms with Gasteiger partial charge in [0.15, 0.2) is 0 Å². The zero-order valence-electron chi connectivity index (χ0n) is 13.0. The molecule has 5 nitrogen and oxygen atoms in total. The lowest BCUT2D eigenvalue weighted by Crippen LogP contribution is -2.15. The molecule has 1 heterocycles. The molecule has 120 valence electrons. The monoisotopic (exact) mass is 322 g/mol. The van der Waals surface area contributed by atoms with Crippen LogP contribution in [0.3, 0.4) is 0 Å². The Labute approximate surface area is 132 Å². The SMILES string of the molecule is CCCCS(=O)(=O)Oc1cc(CCC)nn1-c1ccccc1. The Morgan fingerprint density at radius 1 is 1.14 bits per heavy atom. The average molecular weight is 322 g/mol. The summed E-state index contributed by atoms with van der Waals surface area (Å²) in [6, 6.07) is 11.1. The quantitative estimate of drug-likeness (QED) is 0.699. The predicted octanol–water partition coefficient (Wildman–Crippen LogP) is 3.33. The highest BCUT2D eigenvalue weighted by Crippen LogP contribution is 2.22. The fourth-order valence-corrected chi connectivity index (χ4v) is 3.20. The van der Waals surface area contributed by atoms with E-state index < -0.39 is 10.1 Å². The van der Waals surface area contributed by atoms with E-state index in [-0.39, 0.29) is 11.6 Å². The number of aromatic nitrogens is 2. The summed E-state index contributed by atoms with van der Waals surface area (Å²) < 4.78 is 30.9. The van der Waals surface area contributed by atoms with Gasteiger partial charge in [0.25, 0.3) is 0 Å². The van der Waals surface area contributed by atoms with Gasteiger partial charge in [0, 0.05) is 6.07 Å². The lowest BCUT2D eigenvalue weighted by Gasteiger charge is -2.08. The average Bonchev–Trinajstić information content (AvgIpc) is 2.88. The first kappa shape index (κ1) is 16.5. The van der Waals surface area contributed by atoms with Crippen molar-refractivity contribution < 1.29 is 12.6 Å². The number of rotatable bonds is 8. The second-order valence-electron chi connectivity index (χ2n) is 5.17. The number of para-hydroxylation sites is 1. The van der Waals surface area contributed by atoms with E-state index in [1.165, 1.54) is 0 Å². The molecule has 0 saturated carbocycles. The molecule has 2 rings (SSSR count). The van der Waals surface area contributed by atoms with E-state index in [1.54, 1.807) is 10.7 Å². The van der Waals surface area contributed by atoms with E-state index in [0.29, 0.717) is 6.42 Å². The van der Waals surface area contributed by atoms with Crippen molar-refractivity contribution in [3.05, 3.63) is 42.1 Å². The Morgan fingerprint density at radius 2 is 1.86 bits per heavy atom. The molecule has 0 aliphatic rings. The molecular weight excluding hydrogens is 300 g/mol. The van der Waals surface area contributed by atoms with Crippen LogP contribution in [0.25, 0.3) is 5.69 Å². The normalized spacial score (nSPS) is 11.5. The fourth-order valence-electron chi connectivity index (χ4n) is 2.09. The molecule has 0 saturated heterocycles. The first-order valence-electron chi connectivity index (χ1n) is 7.62. The van der Waals surface area contributed by atoms with E-state index in [2.05, 4.69) is 12.0 Å². The third-order valence-electron chi connectivity index (χ3n) is 3.19. The maximum Gasteiger partial charge on any atom is 0.310 e. The molecule has 1 aromatic heterocycles. The second-order valence-corrected chi connectivity index (χ2v) is 6.86. The molecular formula is C16H22N2O3S. The Kier molecular flexibility index (Phi) is 5.60. The van der Waals surface area contributed by atoms with Crippen LogP contribution in [0.5, 0.6) is 5.88 Å². The summed E-state index contributed by atoms with van der Waals surface area (Å²) in [6.45, 7) is 4.00. The van der Waals surface area contributed by atoms with E-state index in [4.69, 9.17) is 4.18 Å². The molecule has 0 unspecified atom stereocenters. The molecule has 0 spiro atoms. The third kappa shape index (κ3) is 4.34. The fraction of sp³-hybridized carbons (Fsp3) is 0.438. The molecule has 0 bridgehead atoms. The smallest absolute Gasteiger partial charge is 0.310 e. The maximum atomic E-state index is 12.0. The van der Waals surface area contributed by atoms with Gasteiger partial charge >= 0.3 is 10.1 Å². The van der Waals surface area contributed by atoms with E-state index in [1.807, 2.05) is 37.3 Å². The van der Waals surface area contributed by atoms with Crippen LogP contribution < -0.4 is 4.18 Å². The second kappa shape index (κ2) is 7.45. The van der Waals surface area contributed by atoms with Crippen molar-refractivity contribution in [2.75, 3.05) is 5.75 Å². The summed E-state index contributed by atoms with van der Waals surface area (Å²) in [5.74, 6) is 0.276. The van der Waals surface area contributed by atoms with Gasteiger partial charge in [-0.15, -0.1) is 0 Å². The first-order valence-corrected chi connectivity index (χ1v) is 9.20. The minimum Gasteiger partial charge on any atom is -0.361 e. The number of aryl methyl sites for hydroxylation is 1. The summed E-state index contributed by atoms with van der Waals surface area (Å²) in [5, 5.41) is 4.46. The lowest BCUT2D eigenvalue weighted by molar-refractivity contribution is 0.463. The Morgan fingerprint density at radius 3 is 2.50 bits per heavy atom. The molecule has 6 heteroatoms. The van der Waals surface area contributed by atoms with Crippen molar-refractivity contribution in [2.45, 2.75) is 39.5 Å². The van der Waals surface area contributed by atoms with Gasteiger partial charge in [0.1, 0.15) is 0 Å². The summed E-state index contributed by atoms with van der Waals surface area (Å²) in [7, 11) is -3.59. The topological polar surface area (TPSA) is 61.2 Å². The van der Waals surface area contributed by atoms with Crippen LogP contribution in [-0.4, -0.2) is 24.0 Å². The first-order chi connectivity index (χ1) is 10.6. The molecule has 0 atom stereocenters. The van der Waals surface area contributed by atoms with Crippen molar-refractivity contribution in [1.82, 2.24) is 9.78 Å². The van der Waals surface area contributed by atoms with Gasteiger partial charge in [-0.2, -0.15) is 18.2 Å². The predicted molar refractivity (Wildman–Crippen MR) is 86.9 cm³/mol. The highest BCUT2D eigenvalue weighted by atomic mass is 32.2. The minimum absolute atomic E-state index is 0.0204. The zero-order valence-corrected chi connectivity index (χ0v) is 13.8. The lowest BCUT2D eigenvalue weighted by atomic mass is 10.3. The van der Waals surface area contributed by atoms with Crippen molar-refractivity contribution >= 4 is 10.1 Å². The molecule has 0 aliphatic carbocycles. The largest absolute Gasteiger partial charge is 0.361 e. The van der Waals surface area contributed by atoms with Crippen molar-refractivity contribution in [2.24, 2.45) is 0 Å². The van der Waals surface area contributed by atoms with E-state index >= 15 is 0 Å². The summed E-state index contributed by atoms with van der Waals surface area (Å²) >= 11 is 0. The van der Waals surface area contributed by atoms with E-state index in [9.17, 15) is 8.42 Å². The molecule has 0 fully saturated rings. The van der Waals surface area contributed by atoms with Gasteiger partial charge in [-0.3, -0.25) is 0 Å². The van der Waals surface area contributed by atoms with Crippen LogP contribution in [0.4, 0.5) is 0 Å². The van der Waals surface area contributed by atoms with Crippen LogP contribution in [-0.2, 0) is 16.5 Å². The van der Waals surface area contributed by atoms with E-state index in [0.717, 1.165) is 30.6 Å². The third-order valence-corrected chi connectivity index (χ3v) is 4.41. The van der Waals surface area contributed by atoms with Crippen LogP contribution in [0.2, 0.25) is 0 Å². The van der Waals surface area contributed by atoms with Gasteiger partial charge in [-0.25, -0.2) is 0 Å². The van der Waals surface area contributed by atoms with Crippen molar-refractivity contribution in [3.8, 4) is 11.6 Å². The van der Waals surface area contributed by atoms with Crippen LogP contribution in [0.15, 0.2) is 36.4 Å². The van der Waals surface area contributed by atoms with Gasteiger partial charge in [-0.05, 0) is 25.0 Å². The number of unbranched alkanes of at least 4 members (excludes halogenated alkanes) is 1. The number of hydrogen-bond donors (Lipinski definition) is 0. The van der Waals surface area contributed by atoms with Gasteiger partial charge in [-0.1, -0.05) is 44.9 Å². The van der Waals surface area contributed by atoms with Crippen molar-refractivity contribution in [1.29, 1.82) is 0 Å². The number of benzene rings is 1. The van der Waals surface area contributed by atoms with Gasteiger partial charge < -0.3 is 4.18 Å². The highest BCUT2D eigenvalue weighted by molar-refractivity contribution is 7.87. The van der Waals surface area contributed by atoms with Crippen molar-refractivity contribution in [3.63, 3.8) is 0 Å².